The summed E-state index contributed by atoms with van der Waals surface area (Å²) in [6, 6.07) is 1.42. The predicted molar refractivity (Wildman–Crippen MR) is 73.0 cm³/mol. The molecule has 0 fully saturated rings. The minimum atomic E-state index is -0.901. The van der Waals surface area contributed by atoms with Crippen LogP contribution in [0.4, 0.5) is 0 Å². The van der Waals surface area contributed by atoms with E-state index in [0.717, 1.165) is 28.2 Å². The molecule has 106 valence electrons. The van der Waals surface area contributed by atoms with Gasteiger partial charge in [0, 0.05) is 6.04 Å². The van der Waals surface area contributed by atoms with Crippen molar-refractivity contribution in [3.05, 3.63) is 22.8 Å². The summed E-state index contributed by atoms with van der Waals surface area (Å²) in [5.41, 5.74) is 8.70. The number of carboxylic acid groups (broad SMARTS) is 1. The molecule has 0 spiro atoms. The maximum absolute atomic E-state index is 10.7. The molecule has 1 unspecified atom stereocenters. The SMILES string of the molecule is COc1cc(CC(N)CC(=O)O)c(OC)c(C)c1C. The Kier molecular flexibility index (Phi) is 5.18. The zero-order chi connectivity index (χ0) is 14.6. The fourth-order valence-corrected chi connectivity index (χ4v) is 2.15. The highest BCUT2D eigenvalue weighted by Gasteiger charge is 2.17. The summed E-state index contributed by atoms with van der Waals surface area (Å²) in [6.45, 7) is 3.90. The van der Waals surface area contributed by atoms with Gasteiger partial charge in [-0.1, -0.05) is 0 Å². The average Bonchev–Trinajstić information content (AvgIpc) is 2.33. The van der Waals surface area contributed by atoms with Gasteiger partial charge in [-0.3, -0.25) is 4.79 Å². The van der Waals surface area contributed by atoms with E-state index < -0.39 is 12.0 Å². The molecule has 1 aromatic rings. The van der Waals surface area contributed by atoms with Gasteiger partial charge in [-0.05, 0) is 43.0 Å². The molecule has 0 aliphatic rings. The number of aliphatic carboxylic acids is 1. The van der Waals surface area contributed by atoms with Crippen LogP contribution in [0, 0.1) is 13.8 Å². The van der Waals surface area contributed by atoms with Crippen LogP contribution in [0.5, 0.6) is 11.5 Å². The van der Waals surface area contributed by atoms with E-state index in [1.54, 1.807) is 14.2 Å². The molecule has 0 saturated carbocycles. The second kappa shape index (κ2) is 6.43. The quantitative estimate of drug-likeness (QED) is 0.819. The van der Waals surface area contributed by atoms with E-state index in [9.17, 15) is 4.79 Å². The first-order chi connectivity index (χ1) is 8.90. The zero-order valence-corrected chi connectivity index (χ0v) is 11.8. The topological polar surface area (TPSA) is 81.8 Å². The lowest BCUT2D eigenvalue weighted by molar-refractivity contribution is -0.137. The van der Waals surface area contributed by atoms with E-state index in [-0.39, 0.29) is 6.42 Å². The Hall–Kier alpha value is -1.75. The van der Waals surface area contributed by atoms with Crippen molar-refractivity contribution < 1.29 is 19.4 Å². The van der Waals surface area contributed by atoms with Gasteiger partial charge in [0.25, 0.3) is 0 Å². The average molecular weight is 267 g/mol. The predicted octanol–water partition coefficient (Wildman–Crippen LogP) is 1.67. The highest BCUT2D eigenvalue weighted by atomic mass is 16.5. The van der Waals surface area contributed by atoms with Gasteiger partial charge >= 0.3 is 5.97 Å². The fraction of sp³-hybridized carbons (Fsp3) is 0.500. The minimum Gasteiger partial charge on any atom is -0.496 e. The monoisotopic (exact) mass is 267 g/mol. The number of nitrogens with two attached hydrogens (primary N) is 1. The first kappa shape index (κ1) is 15.3. The van der Waals surface area contributed by atoms with Crippen molar-refractivity contribution in [3.8, 4) is 11.5 Å². The van der Waals surface area contributed by atoms with Crippen LogP contribution in [0.1, 0.15) is 23.1 Å². The third-order valence-electron chi connectivity index (χ3n) is 3.21. The van der Waals surface area contributed by atoms with E-state index in [1.807, 2.05) is 19.9 Å². The fourth-order valence-electron chi connectivity index (χ4n) is 2.15. The van der Waals surface area contributed by atoms with Crippen molar-refractivity contribution in [1.29, 1.82) is 0 Å². The molecule has 5 heteroatoms. The largest absolute Gasteiger partial charge is 0.496 e. The van der Waals surface area contributed by atoms with Crippen molar-refractivity contribution in [2.75, 3.05) is 14.2 Å². The van der Waals surface area contributed by atoms with Crippen molar-refractivity contribution in [1.82, 2.24) is 0 Å². The molecule has 19 heavy (non-hydrogen) atoms. The molecule has 0 saturated heterocycles. The number of benzene rings is 1. The molecule has 0 aliphatic heterocycles. The first-order valence-corrected chi connectivity index (χ1v) is 6.09. The summed E-state index contributed by atoms with van der Waals surface area (Å²) >= 11 is 0. The molecule has 3 N–H and O–H groups in total. The second-order valence-electron chi connectivity index (χ2n) is 4.58. The molecular weight excluding hydrogens is 246 g/mol. The lowest BCUT2D eigenvalue weighted by atomic mass is 9.97. The Labute approximate surface area is 113 Å². The minimum absolute atomic E-state index is 0.0710. The maximum atomic E-state index is 10.7. The Bertz CT molecular complexity index is 471. The Morgan fingerprint density at radius 1 is 1.32 bits per heavy atom. The molecule has 0 aromatic heterocycles. The van der Waals surface area contributed by atoms with E-state index in [0.29, 0.717) is 6.42 Å². The number of hydrogen-bond acceptors (Lipinski definition) is 4. The third kappa shape index (κ3) is 3.61. The summed E-state index contributed by atoms with van der Waals surface area (Å²) in [6.07, 6.45) is 0.366. The molecule has 1 atom stereocenters. The van der Waals surface area contributed by atoms with Gasteiger partial charge in [0.1, 0.15) is 11.5 Å². The number of carbonyl (C=O) groups is 1. The second-order valence-corrected chi connectivity index (χ2v) is 4.58. The molecule has 0 amide bonds. The van der Waals surface area contributed by atoms with Gasteiger partial charge in [-0.15, -0.1) is 0 Å². The number of hydrogen-bond donors (Lipinski definition) is 2. The molecule has 0 aliphatic carbocycles. The summed E-state index contributed by atoms with van der Waals surface area (Å²) in [5.74, 6) is 0.609. The molecule has 0 heterocycles. The lowest BCUT2D eigenvalue weighted by Crippen LogP contribution is -2.26. The van der Waals surface area contributed by atoms with Crippen molar-refractivity contribution in [2.45, 2.75) is 32.7 Å². The maximum Gasteiger partial charge on any atom is 0.304 e. The summed E-state index contributed by atoms with van der Waals surface area (Å²) < 4.78 is 10.7. The Morgan fingerprint density at radius 2 is 1.95 bits per heavy atom. The third-order valence-corrected chi connectivity index (χ3v) is 3.21. The summed E-state index contributed by atoms with van der Waals surface area (Å²) in [7, 11) is 3.20. The molecular formula is C14H21NO4. The summed E-state index contributed by atoms with van der Waals surface area (Å²) in [4.78, 5) is 10.7. The van der Waals surface area contributed by atoms with Crippen LogP contribution in [0.25, 0.3) is 0 Å². The molecule has 5 nitrogen and oxygen atoms in total. The normalized spacial score (nSPS) is 12.1. The van der Waals surface area contributed by atoms with Crippen LogP contribution < -0.4 is 15.2 Å². The van der Waals surface area contributed by atoms with Gasteiger partial charge < -0.3 is 20.3 Å². The highest BCUT2D eigenvalue weighted by molar-refractivity contribution is 5.67. The Morgan fingerprint density at radius 3 is 2.42 bits per heavy atom. The van der Waals surface area contributed by atoms with E-state index in [2.05, 4.69) is 0 Å². The number of methoxy groups -OCH3 is 2. The summed E-state index contributed by atoms with van der Waals surface area (Å²) in [5, 5.41) is 8.75. The smallest absolute Gasteiger partial charge is 0.304 e. The number of carboxylic acids is 1. The first-order valence-electron chi connectivity index (χ1n) is 6.09. The van der Waals surface area contributed by atoms with E-state index in [1.165, 1.54) is 0 Å². The van der Waals surface area contributed by atoms with Crippen LogP contribution >= 0.6 is 0 Å². The molecule has 0 radical (unpaired) electrons. The van der Waals surface area contributed by atoms with E-state index >= 15 is 0 Å². The van der Waals surface area contributed by atoms with Crippen molar-refractivity contribution in [2.24, 2.45) is 5.73 Å². The number of ether oxygens (including phenoxy) is 2. The van der Waals surface area contributed by atoms with Gasteiger partial charge in [0.2, 0.25) is 0 Å². The van der Waals surface area contributed by atoms with Crippen LogP contribution in [-0.2, 0) is 11.2 Å². The van der Waals surface area contributed by atoms with Gasteiger partial charge in [-0.25, -0.2) is 0 Å². The van der Waals surface area contributed by atoms with Crippen molar-refractivity contribution in [3.63, 3.8) is 0 Å². The standard InChI is InChI=1S/C14H21NO4/c1-8-9(2)14(19-4)10(6-12(8)18-3)5-11(15)7-13(16)17/h6,11H,5,7,15H2,1-4H3,(H,16,17). The molecule has 1 aromatic carbocycles. The molecule has 0 bridgehead atoms. The number of rotatable bonds is 6. The van der Waals surface area contributed by atoms with Crippen LogP contribution in [0.3, 0.4) is 0 Å². The Balaban J connectivity index is 3.11. The lowest BCUT2D eigenvalue weighted by Gasteiger charge is -2.18. The van der Waals surface area contributed by atoms with Gasteiger partial charge in [-0.2, -0.15) is 0 Å². The highest BCUT2D eigenvalue weighted by Crippen LogP contribution is 2.34. The van der Waals surface area contributed by atoms with Crippen LogP contribution in [0.2, 0.25) is 0 Å². The van der Waals surface area contributed by atoms with Crippen LogP contribution in [0.15, 0.2) is 6.07 Å². The van der Waals surface area contributed by atoms with Crippen molar-refractivity contribution >= 4 is 5.97 Å². The van der Waals surface area contributed by atoms with Crippen LogP contribution in [-0.4, -0.2) is 31.3 Å². The molecule has 1 rings (SSSR count). The van der Waals surface area contributed by atoms with E-state index in [4.69, 9.17) is 20.3 Å². The zero-order valence-electron chi connectivity index (χ0n) is 11.8. The van der Waals surface area contributed by atoms with Gasteiger partial charge in [0.15, 0.2) is 0 Å². The van der Waals surface area contributed by atoms with Gasteiger partial charge in [0.05, 0.1) is 20.6 Å².